The van der Waals surface area contributed by atoms with Crippen LogP contribution >= 0.6 is 0 Å². The molecule has 0 aliphatic carbocycles. The first-order chi connectivity index (χ1) is 9.28. The lowest BCUT2D eigenvalue weighted by atomic mass is 10.0. The van der Waals surface area contributed by atoms with Gasteiger partial charge in [-0.25, -0.2) is 13.1 Å². The van der Waals surface area contributed by atoms with Crippen molar-refractivity contribution in [2.45, 2.75) is 37.7 Å². The molecule has 1 aliphatic rings. The van der Waals surface area contributed by atoms with E-state index in [2.05, 4.69) is 4.72 Å². The lowest BCUT2D eigenvalue weighted by Crippen LogP contribution is -2.24. The first-order valence-corrected chi connectivity index (χ1v) is 8.15. The summed E-state index contributed by atoms with van der Waals surface area (Å²) in [7, 11) is -3.43. The smallest absolute Gasteiger partial charge is 0.240 e. The van der Waals surface area contributed by atoms with E-state index in [1.54, 1.807) is 24.3 Å². The minimum Gasteiger partial charge on any atom is -0.371 e. The van der Waals surface area contributed by atoms with Crippen molar-refractivity contribution in [3.05, 3.63) is 41.5 Å². The topological polar surface area (TPSA) is 55.4 Å². The maximum Gasteiger partial charge on any atom is 0.240 e. The number of ether oxygens (including phenoxy) is 1. The van der Waals surface area contributed by atoms with E-state index in [0.717, 1.165) is 17.6 Å². The number of nitrogens with one attached hydrogen (secondary N) is 1. The maximum absolute atomic E-state index is 12.1. The molecule has 0 atom stereocenters. The summed E-state index contributed by atoms with van der Waals surface area (Å²) < 4.78 is 32.3. The second kappa shape index (κ2) is 5.68. The third-order valence-corrected chi connectivity index (χ3v) is 4.74. The summed E-state index contributed by atoms with van der Waals surface area (Å²) >= 11 is 0. The van der Waals surface area contributed by atoms with Gasteiger partial charge in [-0.1, -0.05) is 23.8 Å². The third kappa shape index (κ3) is 3.91. The van der Waals surface area contributed by atoms with E-state index in [9.17, 15) is 8.42 Å². The minimum absolute atomic E-state index is 0.137. The fourth-order valence-electron chi connectivity index (χ4n) is 2.16. The Labute approximate surface area is 120 Å². The lowest BCUT2D eigenvalue weighted by Gasteiger charge is -2.14. The average molecular weight is 295 g/mol. The zero-order valence-corrected chi connectivity index (χ0v) is 13.0. The number of aryl methyl sites for hydroxylation is 1. The molecule has 1 heterocycles. The van der Waals surface area contributed by atoms with Crippen LogP contribution in [0.5, 0.6) is 0 Å². The molecular weight excluding hydrogens is 274 g/mol. The predicted molar refractivity (Wildman–Crippen MR) is 79.1 cm³/mol. The van der Waals surface area contributed by atoms with Gasteiger partial charge in [0.15, 0.2) is 0 Å². The van der Waals surface area contributed by atoms with Crippen LogP contribution in [0.3, 0.4) is 0 Å². The summed E-state index contributed by atoms with van der Waals surface area (Å²) in [6, 6.07) is 6.82. The Morgan fingerprint density at radius 1 is 1.30 bits per heavy atom. The van der Waals surface area contributed by atoms with Gasteiger partial charge in [0.2, 0.25) is 10.0 Å². The van der Waals surface area contributed by atoms with Gasteiger partial charge in [0.1, 0.15) is 0 Å². The van der Waals surface area contributed by atoms with Crippen molar-refractivity contribution in [2.24, 2.45) is 0 Å². The highest BCUT2D eigenvalue weighted by molar-refractivity contribution is 7.89. The van der Waals surface area contributed by atoms with Crippen LogP contribution in [0.15, 0.2) is 40.8 Å². The van der Waals surface area contributed by atoms with Gasteiger partial charge in [-0.05, 0) is 44.9 Å². The lowest BCUT2D eigenvalue weighted by molar-refractivity contribution is 0.0377. The van der Waals surface area contributed by atoms with E-state index >= 15 is 0 Å². The van der Waals surface area contributed by atoms with Crippen molar-refractivity contribution in [3.8, 4) is 0 Å². The highest BCUT2D eigenvalue weighted by atomic mass is 32.2. The molecule has 0 aromatic heterocycles. The SMILES string of the molecule is Cc1ccc(S(=O)(=O)NC/C=C2/COC(C)(C)C2)cc1. The van der Waals surface area contributed by atoms with Crippen molar-refractivity contribution < 1.29 is 13.2 Å². The Morgan fingerprint density at radius 3 is 2.50 bits per heavy atom. The second-order valence-electron chi connectivity index (χ2n) is 5.75. The molecule has 0 unspecified atom stereocenters. The molecule has 1 aromatic rings. The molecule has 1 fully saturated rings. The van der Waals surface area contributed by atoms with E-state index in [-0.39, 0.29) is 5.60 Å². The molecule has 1 saturated heterocycles. The van der Waals surface area contributed by atoms with E-state index in [4.69, 9.17) is 4.74 Å². The molecule has 0 radical (unpaired) electrons. The van der Waals surface area contributed by atoms with E-state index in [0.29, 0.717) is 18.0 Å². The number of benzene rings is 1. The molecule has 110 valence electrons. The molecular formula is C15H21NO3S. The van der Waals surface area contributed by atoms with E-state index in [1.807, 2.05) is 26.8 Å². The summed E-state index contributed by atoms with van der Waals surface area (Å²) in [5.74, 6) is 0. The first-order valence-electron chi connectivity index (χ1n) is 6.67. The highest BCUT2D eigenvalue weighted by Gasteiger charge is 2.27. The molecule has 0 saturated carbocycles. The molecule has 0 bridgehead atoms. The first kappa shape index (κ1) is 15.2. The quantitative estimate of drug-likeness (QED) is 0.868. The fraction of sp³-hybridized carbons (Fsp3) is 0.467. The molecule has 2 rings (SSSR count). The van der Waals surface area contributed by atoms with Crippen molar-refractivity contribution >= 4 is 10.0 Å². The Kier molecular flexibility index (Phi) is 4.32. The zero-order chi connectivity index (χ0) is 14.8. The Hall–Kier alpha value is -1.17. The number of rotatable bonds is 4. The monoisotopic (exact) mass is 295 g/mol. The van der Waals surface area contributed by atoms with Gasteiger partial charge in [0.05, 0.1) is 17.1 Å². The molecule has 5 heteroatoms. The van der Waals surface area contributed by atoms with Crippen LogP contribution in [0.2, 0.25) is 0 Å². The number of hydrogen-bond acceptors (Lipinski definition) is 3. The van der Waals surface area contributed by atoms with Gasteiger partial charge in [-0.2, -0.15) is 0 Å². The summed E-state index contributed by atoms with van der Waals surface area (Å²) in [4.78, 5) is 0.296. The summed E-state index contributed by atoms with van der Waals surface area (Å²) in [5.41, 5.74) is 2.04. The largest absolute Gasteiger partial charge is 0.371 e. The number of hydrogen-bond donors (Lipinski definition) is 1. The van der Waals surface area contributed by atoms with Crippen LogP contribution in [-0.2, 0) is 14.8 Å². The highest BCUT2D eigenvalue weighted by Crippen LogP contribution is 2.28. The van der Waals surface area contributed by atoms with Crippen LogP contribution in [0, 0.1) is 6.92 Å². The third-order valence-electron chi connectivity index (χ3n) is 3.30. The van der Waals surface area contributed by atoms with Crippen LogP contribution in [0.25, 0.3) is 0 Å². The molecule has 20 heavy (non-hydrogen) atoms. The molecule has 4 nitrogen and oxygen atoms in total. The van der Waals surface area contributed by atoms with E-state index in [1.165, 1.54) is 0 Å². The molecule has 1 aromatic carbocycles. The number of sulfonamides is 1. The van der Waals surface area contributed by atoms with Gasteiger partial charge in [-0.15, -0.1) is 0 Å². The Morgan fingerprint density at radius 2 is 1.95 bits per heavy atom. The van der Waals surface area contributed by atoms with Gasteiger partial charge >= 0.3 is 0 Å². The maximum atomic E-state index is 12.1. The summed E-state index contributed by atoms with van der Waals surface area (Å²) in [6.07, 6.45) is 2.75. The predicted octanol–water partition coefficient (Wildman–Crippen LogP) is 2.40. The van der Waals surface area contributed by atoms with Crippen molar-refractivity contribution in [1.82, 2.24) is 4.72 Å². The molecule has 0 spiro atoms. The van der Waals surface area contributed by atoms with E-state index < -0.39 is 10.0 Å². The Balaban J connectivity index is 1.97. The van der Waals surface area contributed by atoms with Crippen molar-refractivity contribution in [2.75, 3.05) is 13.2 Å². The van der Waals surface area contributed by atoms with Gasteiger partial charge in [0, 0.05) is 6.54 Å². The van der Waals surface area contributed by atoms with Gasteiger partial charge in [-0.3, -0.25) is 0 Å². The Bertz CT molecular complexity index is 601. The second-order valence-corrected chi connectivity index (χ2v) is 7.52. The fourth-order valence-corrected chi connectivity index (χ4v) is 3.13. The zero-order valence-electron chi connectivity index (χ0n) is 12.1. The summed E-state index contributed by atoms with van der Waals surface area (Å²) in [6.45, 7) is 6.87. The van der Waals surface area contributed by atoms with Crippen LogP contribution < -0.4 is 4.72 Å². The van der Waals surface area contributed by atoms with Crippen molar-refractivity contribution in [3.63, 3.8) is 0 Å². The average Bonchev–Trinajstić information content (AvgIpc) is 2.69. The van der Waals surface area contributed by atoms with Crippen LogP contribution in [-0.4, -0.2) is 27.2 Å². The molecule has 1 aliphatic heterocycles. The summed E-state index contributed by atoms with van der Waals surface area (Å²) in [5, 5.41) is 0. The molecule has 0 amide bonds. The minimum atomic E-state index is -3.43. The van der Waals surface area contributed by atoms with Gasteiger partial charge < -0.3 is 4.74 Å². The molecule has 1 N–H and O–H groups in total. The van der Waals surface area contributed by atoms with Gasteiger partial charge in [0.25, 0.3) is 0 Å². The normalized spacial score (nSPS) is 20.4. The van der Waals surface area contributed by atoms with Crippen LogP contribution in [0.4, 0.5) is 0 Å². The van der Waals surface area contributed by atoms with Crippen molar-refractivity contribution in [1.29, 1.82) is 0 Å². The standard InChI is InChI=1S/C15H21NO3S/c1-12-4-6-14(7-5-12)20(17,18)16-9-8-13-10-15(2,3)19-11-13/h4-8,16H,9-11H2,1-3H3/b13-8+. The van der Waals surface area contributed by atoms with Crippen LogP contribution in [0.1, 0.15) is 25.8 Å².